The van der Waals surface area contributed by atoms with Crippen LogP contribution in [0, 0.1) is 12.8 Å². The second-order valence-electron chi connectivity index (χ2n) is 8.31. The minimum absolute atomic E-state index is 0.0257. The second kappa shape index (κ2) is 7.47. The lowest BCUT2D eigenvalue weighted by Crippen LogP contribution is -2.38. The molecule has 0 amide bonds. The van der Waals surface area contributed by atoms with Crippen molar-refractivity contribution >= 4 is 28.3 Å². The van der Waals surface area contributed by atoms with Gasteiger partial charge in [-0.1, -0.05) is 12.1 Å². The Morgan fingerprint density at radius 1 is 1.00 bits per heavy atom. The Kier molecular flexibility index (Phi) is 4.45. The summed E-state index contributed by atoms with van der Waals surface area (Å²) >= 11 is 0. The first-order valence-corrected chi connectivity index (χ1v) is 11.0. The molecule has 2 aliphatic heterocycles. The zero-order valence-corrected chi connectivity index (χ0v) is 17.8. The molecule has 0 saturated carbocycles. The zero-order valence-electron chi connectivity index (χ0n) is 17.8. The normalized spacial score (nSPS) is 16.6. The number of Topliss-reactive ketones (excluding diaryl/α,β-unsaturated/α-hetero) is 1. The molecule has 0 spiro atoms. The predicted molar refractivity (Wildman–Crippen MR) is 120 cm³/mol. The number of fused-ring (bicyclic) bond motifs is 4. The first kappa shape index (κ1) is 19.0. The lowest BCUT2D eigenvalue weighted by Gasteiger charge is -2.32. The van der Waals surface area contributed by atoms with E-state index in [0.29, 0.717) is 36.1 Å². The standard InChI is InChI=1S/C24H23N5O3/c1-15-25-23-18-4-2-3-5-19(18)26-24(29(23)27-15)28-10-8-16(9-11-28)22(30)17-6-7-20-21(14-17)32-13-12-31-20/h2-7,14,16H,8-13H2,1H3. The number of piperidine rings is 1. The number of para-hydroxylation sites is 1. The quantitative estimate of drug-likeness (QED) is 0.461. The summed E-state index contributed by atoms with van der Waals surface area (Å²) < 4.78 is 13.0. The third kappa shape index (κ3) is 3.14. The monoisotopic (exact) mass is 429 g/mol. The van der Waals surface area contributed by atoms with Crippen LogP contribution in [0.1, 0.15) is 29.0 Å². The number of nitrogens with zero attached hydrogens (tertiary/aromatic N) is 5. The van der Waals surface area contributed by atoms with E-state index < -0.39 is 0 Å². The molecule has 0 radical (unpaired) electrons. The maximum absolute atomic E-state index is 13.2. The van der Waals surface area contributed by atoms with E-state index in [9.17, 15) is 4.79 Å². The van der Waals surface area contributed by atoms with E-state index >= 15 is 0 Å². The highest BCUT2D eigenvalue weighted by Gasteiger charge is 2.29. The van der Waals surface area contributed by atoms with Crippen molar-refractivity contribution < 1.29 is 14.3 Å². The molecule has 8 nitrogen and oxygen atoms in total. The fraction of sp³-hybridized carbons (Fsp3) is 0.333. The minimum atomic E-state index is -0.0257. The highest BCUT2D eigenvalue weighted by Crippen LogP contribution is 2.33. The van der Waals surface area contributed by atoms with E-state index in [-0.39, 0.29) is 11.7 Å². The van der Waals surface area contributed by atoms with E-state index in [0.717, 1.165) is 48.4 Å². The smallest absolute Gasteiger partial charge is 0.229 e. The molecular weight excluding hydrogens is 406 g/mol. The number of ketones is 1. The molecule has 2 aliphatic rings. The number of benzene rings is 2. The van der Waals surface area contributed by atoms with Crippen molar-refractivity contribution in [2.24, 2.45) is 5.92 Å². The Hall–Kier alpha value is -3.68. The first-order valence-electron chi connectivity index (χ1n) is 11.0. The fourth-order valence-corrected chi connectivity index (χ4v) is 4.62. The molecule has 1 fully saturated rings. The van der Waals surface area contributed by atoms with Gasteiger partial charge in [-0.25, -0.2) is 9.97 Å². The van der Waals surface area contributed by atoms with Crippen LogP contribution in [0.3, 0.4) is 0 Å². The number of hydrogen-bond donors (Lipinski definition) is 0. The van der Waals surface area contributed by atoms with Crippen LogP contribution in [0.4, 0.5) is 5.95 Å². The summed E-state index contributed by atoms with van der Waals surface area (Å²) in [5.41, 5.74) is 2.40. The average Bonchev–Trinajstić information content (AvgIpc) is 3.24. The van der Waals surface area contributed by atoms with Crippen LogP contribution in [0.2, 0.25) is 0 Å². The molecule has 0 unspecified atom stereocenters. The van der Waals surface area contributed by atoms with Gasteiger partial charge in [-0.3, -0.25) is 4.79 Å². The van der Waals surface area contributed by atoms with Gasteiger partial charge in [-0.05, 0) is 50.1 Å². The lowest BCUT2D eigenvalue weighted by molar-refractivity contribution is 0.0899. The van der Waals surface area contributed by atoms with Gasteiger partial charge in [-0.2, -0.15) is 4.52 Å². The highest BCUT2D eigenvalue weighted by atomic mass is 16.6. The molecule has 0 N–H and O–H groups in total. The molecule has 6 rings (SSSR count). The van der Waals surface area contributed by atoms with Crippen LogP contribution < -0.4 is 14.4 Å². The summed E-state index contributed by atoms with van der Waals surface area (Å²) in [5.74, 6) is 3.00. The highest BCUT2D eigenvalue weighted by molar-refractivity contribution is 5.98. The summed E-state index contributed by atoms with van der Waals surface area (Å²) in [6.07, 6.45) is 1.52. The third-order valence-corrected chi connectivity index (χ3v) is 6.24. The summed E-state index contributed by atoms with van der Waals surface area (Å²) in [4.78, 5) is 24.9. The summed E-state index contributed by atoms with van der Waals surface area (Å²) in [7, 11) is 0. The SMILES string of the molecule is Cc1nc2c3ccccc3nc(N3CCC(C(=O)c4ccc5c(c4)OCCO5)CC3)n2n1. The van der Waals surface area contributed by atoms with Crippen molar-refractivity contribution in [2.45, 2.75) is 19.8 Å². The van der Waals surface area contributed by atoms with Crippen molar-refractivity contribution in [1.29, 1.82) is 0 Å². The molecule has 1 saturated heterocycles. The van der Waals surface area contributed by atoms with Crippen LogP contribution in [0.5, 0.6) is 11.5 Å². The van der Waals surface area contributed by atoms with Crippen molar-refractivity contribution in [1.82, 2.24) is 19.6 Å². The van der Waals surface area contributed by atoms with Crippen LogP contribution >= 0.6 is 0 Å². The molecular formula is C24H23N5O3. The number of hydrogen-bond acceptors (Lipinski definition) is 7. The molecule has 32 heavy (non-hydrogen) atoms. The molecule has 2 aromatic carbocycles. The van der Waals surface area contributed by atoms with Crippen LogP contribution in [-0.2, 0) is 0 Å². The molecule has 0 aliphatic carbocycles. The van der Waals surface area contributed by atoms with Crippen molar-refractivity contribution in [3.05, 3.63) is 53.9 Å². The van der Waals surface area contributed by atoms with Gasteiger partial charge < -0.3 is 14.4 Å². The Labute approximate surface area is 184 Å². The van der Waals surface area contributed by atoms with Gasteiger partial charge >= 0.3 is 0 Å². The summed E-state index contributed by atoms with van der Waals surface area (Å²) in [6, 6.07) is 13.5. The van der Waals surface area contributed by atoms with Crippen molar-refractivity contribution in [3.63, 3.8) is 0 Å². The van der Waals surface area contributed by atoms with Crippen molar-refractivity contribution in [3.8, 4) is 11.5 Å². The van der Waals surface area contributed by atoms with E-state index in [1.54, 1.807) is 0 Å². The fourth-order valence-electron chi connectivity index (χ4n) is 4.62. The van der Waals surface area contributed by atoms with E-state index in [2.05, 4.69) is 15.0 Å². The van der Waals surface area contributed by atoms with Crippen LogP contribution in [0.15, 0.2) is 42.5 Å². The van der Waals surface area contributed by atoms with Gasteiger partial charge in [0, 0.05) is 30.0 Å². The van der Waals surface area contributed by atoms with Gasteiger partial charge in [-0.15, -0.1) is 5.10 Å². The molecule has 162 valence electrons. The molecule has 2 aromatic heterocycles. The average molecular weight is 429 g/mol. The van der Waals surface area contributed by atoms with Crippen LogP contribution in [-0.4, -0.2) is 51.7 Å². The van der Waals surface area contributed by atoms with Gasteiger partial charge in [0.25, 0.3) is 0 Å². The first-order chi connectivity index (χ1) is 15.7. The van der Waals surface area contributed by atoms with Gasteiger partial charge in [0.2, 0.25) is 5.95 Å². The van der Waals surface area contributed by atoms with E-state index in [1.165, 1.54) is 0 Å². The topological polar surface area (TPSA) is 81.9 Å². The van der Waals surface area contributed by atoms with Gasteiger partial charge in [0.1, 0.15) is 19.0 Å². The number of ether oxygens (including phenoxy) is 2. The maximum atomic E-state index is 13.2. The molecule has 0 atom stereocenters. The summed E-state index contributed by atoms with van der Waals surface area (Å²) in [6.45, 7) is 4.42. The minimum Gasteiger partial charge on any atom is -0.486 e. The lowest BCUT2D eigenvalue weighted by atomic mass is 9.89. The summed E-state index contributed by atoms with van der Waals surface area (Å²) in [5, 5.41) is 5.58. The second-order valence-corrected chi connectivity index (χ2v) is 8.31. The number of aromatic nitrogens is 4. The number of carbonyl (C=O) groups excluding carboxylic acids is 1. The van der Waals surface area contributed by atoms with Gasteiger partial charge in [0.05, 0.1) is 5.52 Å². The number of rotatable bonds is 3. The molecule has 8 heteroatoms. The van der Waals surface area contributed by atoms with Gasteiger partial charge in [0.15, 0.2) is 22.9 Å². The molecule has 0 bridgehead atoms. The van der Waals surface area contributed by atoms with E-state index in [1.807, 2.05) is 53.9 Å². The predicted octanol–water partition coefficient (Wildman–Crippen LogP) is 3.46. The van der Waals surface area contributed by atoms with Crippen LogP contribution in [0.25, 0.3) is 16.6 Å². The Morgan fingerprint density at radius 3 is 2.62 bits per heavy atom. The number of aryl methyl sites for hydroxylation is 1. The van der Waals surface area contributed by atoms with E-state index in [4.69, 9.17) is 14.5 Å². The number of carbonyl (C=O) groups is 1. The van der Waals surface area contributed by atoms with Crippen molar-refractivity contribution in [2.75, 3.05) is 31.2 Å². The third-order valence-electron chi connectivity index (χ3n) is 6.24. The largest absolute Gasteiger partial charge is 0.486 e. The Bertz CT molecular complexity index is 1340. The molecule has 4 aromatic rings. The Balaban J connectivity index is 1.25. The Morgan fingerprint density at radius 2 is 1.78 bits per heavy atom. The molecule has 4 heterocycles. The number of anilines is 1. The maximum Gasteiger partial charge on any atom is 0.229 e. The zero-order chi connectivity index (χ0) is 21.7.